The second-order valence-corrected chi connectivity index (χ2v) is 6.46. The number of hydrogen-bond acceptors (Lipinski definition) is 5. The minimum Gasteiger partial charge on any atom is -0.462 e. The first-order valence-corrected chi connectivity index (χ1v) is 9.34. The summed E-state index contributed by atoms with van der Waals surface area (Å²) < 4.78 is 5.31. The Balaban J connectivity index is 1.77. The van der Waals surface area contributed by atoms with Crippen molar-refractivity contribution in [1.82, 2.24) is 16.2 Å². The summed E-state index contributed by atoms with van der Waals surface area (Å²) in [6.07, 6.45) is 3.96. The number of hydrogen-bond donors (Lipinski definition) is 4. The summed E-state index contributed by atoms with van der Waals surface area (Å²) in [4.78, 5) is 35.5. The average Bonchev–Trinajstić information content (AvgIpc) is 3.10. The molecule has 2 aromatic rings. The summed E-state index contributed by atoms with van der Waals surface area (Å²) in [5.41, 5.74) is 5.80. The summed E-state index contributed by atoms with van der Waals surface area (Å²) in [7, 11) is 0. The van der Waals surface area contributed by atoms with E-state index < -0.39 is 11.8 Å². The molecule has 0 atom stereocenters. The van der Waals surface area contributed by atoms with Gasteiger partial charge in [-0.15, -0.1) is 0 Å². The van der Waals surface area contributed by atoms with Gasteiger partial charge in [0.05, 0.1) is 0 Å². The molecular weight excluding hydrogens is 392 g/mol. The first-order valence-electron chi connectivity index (χ1n) is 8.93. The van der Waals surface area contributed by atoms with E-state index in [2.05, 4.69) is 21.5 Å². The zero-order valence-corrected chi connectivity index (χ0v) is 16.9. The number of rotatable bonds is 6. The Kier molecular flexibility index (Phi) is 8.11. The van der Waals surface area contributed by atoms with E-state index in [4.69, 9.17) is 16.6 Å². The third kappa shape index (κ3) is 7.59. The number of hydrazine groups is 1. The normalized spacial score (nSPS) is 10.4. The highest BCUT2D eigenvalue weighted by molar-refractivity contribution is 7.80. The van der Waals surface area contributed by atoms with Gasteiger partial charge in [0.1, 0.15) is 11.5 Å². The van der Waals surface area contributed by atoms with Crippen molar-refractivity contribution in [2.75, 3.05) is 5.32 Å². The van der Waals surface area contributed by atoms with Crippen molar-refractivity contribution in [2.24, 2.45) is 0 Å². The van der Waals surface area contributed by atoms with Crippen LogP contribution in [0.2, 0.25) is 0 Å². The van der Waals surface area contributed by atoms with Crippen molar-refractivity contribution in [3.63, 3.8) is 0 Å². The van der Waals surface area contributed by atoms with Crippen LogP contribution in [0, 0.1) is 6.92 Å². The molecule has 4 N–H and O–H groups in total. The number of carbonyl (C=O) groups excluding carboxylic acids is 3. The van der Waals surface area contributed by atoms with Crippen LogP contribution in [0.25, 0.3) is 6.08 Å². The molecule has 8 nitrogen and oxygen atoms in total. The predicted octanol–water partition coefficient (Wildman–Crippen LogP) is 2.68. The lowest BCUT2D eigenvalue weighted by Gasteiger charge is -2.10. The molecule has 0 saturated heterocycles. The van der Waals surface area contributed by atoms with E-state index >= 15 is 0 Å². The van der Waals surface area contributed by atoms with Gasteiger partial charge < -0.3 is 9.73 Å². The lowest BCUT2D eigenvalue weighted by molar-refractivity contribution is -0.116. The molecule has 1 heterocycles. The topological polar surface area (TPSA) is 112 Å². The largest absolute Gasteiger partial charge is 0.462 e. The third-order valence-corrected chi connectivity index (χ3v) is 3.80. The minimum absolute atomic E-state index is 0.0629. The van der Waals surface area contributed by atoms with Crippen LogP contribution in [-0.4, -0.2) is 22.8 Å². The molecule has 3 amide bonds. The standard InChI is InChI=1S/C20H22N4O4S/c1-3-4-17(25)21-15-8-6-14(7-9-15)19(27)23-24-20(29)22-18(26)12-11-16-10-5-13(2)28-16/h5-12H,3-4H2,1-2H3,(H,21,25)(H,23,27)(H2,22,24,26,29). The van der Waals surface area contributed by atoms with Crippen molar-refractivity contribution in [2.45, 2.75) is 26.7 Å². The number of amides is 3. The second-order valence-electron chi connectivity index (χ2n) is 6.05. The maximum Gasteiger partial charge on any atom is 0.269 e. The van der Waals surface area contributed by atoms with Crippen molar-refractivity contribution in [1.29, 1.82) is 0 Å². The molecule has 9 heteroatoms. The molecule has 0 unspecified atom stereocenters. The highest BCUT2D eigenvalue weighted by Crippen LogP contribution is 2.10. The van der Waals surface area contributed by atoms with Crippen LogP contribution in [0.5, 0.6) is 0 Å². The van der Waals surface area contributed by atoms with Crippen LogP contribution in [0.4, 0.5) is 5.69 Å². The van der Waals surface area contributed by atoms with Gasteiger partial charge in [0.25, 0.3) is 5.91 Å². The van der Waals surface area contributed by atoms with Crippen molar-refractivity contribution >= 4 is 46.8 Å². The van der Waals surface area contributed by atoms with Crippen LogP contribution in [-0.2, 0) is 9.59 Å². The van der Waals surface area contributed by atoms with Crippen LogP contribution in [0.3, 0.4) is 0 Å². The highest BCUT2D eigenvalue weighted by atomic mass is 32.1. The molecule has 1 aromatic carbocycles. The van der Waals surface area contributed by atoms with Crippen LogP contribution in [0.1, 0.15) is 41.6 Å². The van der Waals surface area contributed by atoms with Gasteiger partial charge in [-0.1, -0.05) is 6.92 Å². The van der Waals surface area contributed by atoms with Gasteiger partial charge in [-0.3, -0.25) is 30.6 Å². The maximum absolute atomic E-state index is 12.1. The average molecular weight is 414 g/mol. The summed E-state index contributed by atoms with van der Waals surface area (Å²) in [5, 5.41) is 5.07. The number of nitrogens with one attached hydrogen (secondary N) is 4. The number of carbonyl (C=O) groups is 3. The number of aryl methyl sites for hydroxylation is 1. The van der Waals surface area contributed by atoms with Gasteiger partial charge >= 0.3 is 0 Å². The Labute approximate surface area is 173 Å². The molecule has 0 saturated carbocycles. The molecule has 2 rings (SSSR count). The van der Waals surface area contributed by atoms with E-state index in [1.807, 2.05) is 6.92 Å². The smallest absolute Gasteiger partial charge is 0.269 e. The minimum atomic E-state index is -0.474. The number of furan rings is 1. The van der Waals surface area contributed by atoms with Gasteiger partial charge in [0.15, 0.2) is 5.11 Å². The first-order chi connectivity index (χ1) is 13.9. The second kappa shape index (κ2) is 10.8. The Morgan fingerprint density at radius 3 is 2.41 bits per heavy atom. The Morgan fingerprint density at radius 2 is 1.79 bits per heavy atom. The molecule has 0 radical (unpaired) electrons. The number of benzene rings is 1. The van der Waals surface area contributed by atoms with Gasteiger partial charge in [-0.05, 0) is 68.0 Å². The van der Waals surface area contributed by atoms with E-state index in [9.17, 15) is 14.4 Å². The molecule has 1 aromatic heterocycles. The fourth-order valence-electron chi connectivity index (χ4n) is 2.23. The summed E-state index contributed by atoms with van der Waals surface area (Å²) in [5.74, 6) is 0.275. The van der Waals surface area contributed by atoms with Gasteiger partial charge in [0.2, 0.25) is 11.8 Å². The summed E-state index contributed by atoms with van der Waals surface area (Å²) >= 11 is 4.96. The fraction of sp³-hybridized carbons (Fsp3) is 0.200. The first kappa shape index (κ1) is 21.8. The number of anilines is 1. The zero-order valence-electron chi connectivity index (χ0n) is 16.1. The molecule has 152 valence electrons. The van der Waals surface area contributed by atoms with Gasteiger partial charge in [-0.2, -0.15) is 0 Å². The van der Waals surface area contributed by atoms with Crippen molar-refractivity contribution < 1.29 is 18.8 Å². The number of thiocarbonyl (C=S) groups is 1. The zero-order chi connectivity index (χ0) is 21.2. The van der Waals surface area contributed by atoms with E-state index in [0.29, 0.717) is 23.4 Å². The van der Waals surface area contributed by atoms with Crippen LogP contribution in [0.15, 0.2) is 46.9 Å². The van der Waals surface area contributed by atoms with E-state index in [1.165, 1.54) is 12.2 Å². The summed E-state index contributed by atoms with van der Waals surface area (Å²) in [6, 6.07) is 9.90. The predicted molar refractivity (Wildman–Crippen MR) is 114 cm³/mol. The quantitative estimate of drug-likeness (QED) is 0.328. The summed E-state index contributed by atoms with van der Waals surface area (Å²) in [6.45, 7) is 3.72. The van der Waals surface area contributed by atoms with Crippen molar-refractivity contribution in [3.8, 4) is 0 Å². The molecule has 0 fully saturated rings. The molecule has 0 aliphatic rings. The lowest BCUT2D eigenvalue weighted by Crippen LogP contribution is -2.48. The molecule has 29 heavy (non-hydrogen) atoms. The highest BCUT2D eigenvalue weighted by Gasteiger charge is 2.08. The van der Waals surface area contributed by atoms with Gasteiger partial charge in [-0.25, -0.2) is 0 Å². The SMILES string of the molecule is CCCC(=O)Nc1ccc(C(=O)NNC(=S)NC(=O)C=Cc2ccc(C)o2)cc1. The molecule has 0 spiro atoms. The monoisotopic (exact) mass is 414 g/mol. The molecule has 0 bridgehead atoms. The fourth-order valence-corrected chi connectivity index (χ4v) is 2.38. The van der Waals surface area contributed by atoms with Crippen LogP contribution < -0.4 is 21.5 Å². The van der Waals surface area contributed by atoms with E-state index in [1.54, 1.807) is 43.3 Å². The van der Waals surface area contributed by atoms with E-state index in [-0.39, 0.29) is 11.0 Å². The Morgan fingerprint density at radius 1 is 1.07 bits per heavy atom. The molecular formula is C20H22N4O4S. The Bertz CT molecular complexity index is 919. The maximum atomic E-state index is 12.1. The van der Waals surface area contributed by atoms with Crippen LogP contribution >= 0.6 is 12.2 Å². The Hall–Kier alpha value is -3.46. The van der Waals surface area contributed by atoms with Gasteiger partial charge in [0, 0.05) is 23.7 Å². The molecule has 0 aliphatic heterocycles. The molecule has 0 aliphatic carbocycles. The third-order valence-electron chi connectivity index (χ3n) is 3.59. The lowest BCUT2D eigenvalue weighted by atomic mass is 10.2. The van der Waals surface area contributed by atoms with Crippen molar-refractivity contribution in [3.05, 3.63) is 59.6 Å². The van der Waals surface area contributed by atoms with E-state index in [0.717, 1.165) is 12.2 Å².